The van der Waals surface area contributed by atoms with E-state index in [-0.39, 0.29) is 5.92 Å². The Kier molecular flexibility index (Phi) is 4.12. The predicted molar refractivity (Wildman–Crippen MR) is 102 cm³/mol. The zero-order valence-electron chi connectivity index (χ0n) is 14.1. The molecule has 0 radical (unpaired) electrons. The fourth-order valence-electron chi connectivity index (χ4n) is 3.54. The predicted octanol–water partition coefficient (Wildman–Crippen LogP) is 5.21. The lowest BCUT2D eigenvalue weighted by atomic mass is 9.76. The first-order valence-corrected chi connectivity index (χ1v) is 8.46. The molecule has 4 rings (SSSR count). The van der Waals surface area contributed by atoms with Crippen molar-refractivity contribution in [2.45, 2.75) is 12.0 Å². The van der Waals surface area contributed by atoms with E-state index >= 15 is 0 Å². The summed E-state index contributed by atoms with van der Waals surface area (Å²) in [4.78, 5) is 0. The fourth-order valence-corrected chi connectivity index (χ4v) is 3.54. The summed E-state index contributed by atoms with van der Waals surface area (Å²) in [5, 5.41) is 11.0. The highest BCUT2D eigenvalue weighted by molar-refractivity contribution is 5.75. The van der Waals surface area contributed by atoms with E-state index in [0.29, 0.717) is 0 Å². The van der Waals surface area contributed by atoms with E-state index in [1.54, 1.807) is 7.11 Å². The minimum atomic E-state index is -0.541. The summed E-state index contributed by atoms with van der Waals surface area (Å²) >= 11 is 0. The molecule has 3 aromatic rings. The van der Waals surface area contributed by atoms with Crippen molar-refractivity contribution in [3.8, 4) is 16.9 Å². The molecule has 2 atom stereocenters. The zero-order chi connectivity index (χ0) is 17.2. The van der Waals surface area contributed by atoms with Crippen LogP contribution >= 0.6 is 0 Å². The smallest absolute Gasteiger partial charge is 0.118 e. The molecule has 0 saturated carbocycles. The summed E-state index contributed by atoms with van der Waals surface area (Å²) in [6.07, 6.45) is 3.62. The molecule has 0 spiro atoms. The van der Waals surface area contributed by atoms with E-state index in [1.807, 2.05) is 48.5 Å². The molecule has 3 aromatic carbocycles. The molecule has 0 heterocycles. The molecule has 1 aliphatic carbocycles. The van der Waals surface area contributed by atoms with Gasteiger partial charge in [-0.1, -0.05) is 72.8 Å². The lowest BCUT2D eigenvalue weighted by Gasteiger charge is -2.30. The SMILES string of the molecule is COc1ccc(/C=C\C2c3ccccc3-c3ccccc3C2O)cc1. The summed E-state index contributed by atoms with van der Waals surface area (Å²) in [6.45, 7) is 0. The molecule has 2 heteroatoms. The number of hydrogen-bond acceptors (Lipinski definition) is 2. The van der Waals surface area contributed by atoms with Gasteiger partial charge in [-0.2, -0.15) is 0 Å². The van der Waals surface area contributed by atoms with Crippen LogP contribution in [0.15, 0.2) is 78.9 Å². The van der Waals surface area contributed by atoms with Crippen LogP contribution in [-0.2, 0) is 0 Å². The van der Waals surface area contributed by atoms with Crippen LogP contribution in [0.4, 0.5) is 0 Å². The van der Waals surface area contributed by atoms with Gasteiger partial charge in [-0.3, -0.25) is 0 Å². The maximum absolute atomic E-state index is 11.0. The molecule has 1 aliphatic rings. The molecule has 0 bridgehead atoms. The number of hydrogen-bond donors (Lipinski definition) is 1. The van der Waals surface area contributed by atoms with E-state index in [0.717, 1.165) is 22.4 Å². The van der Waals surface area contributed by atoms with Crippen LogP contribution in [0.25, 0.3) is 17.2 Å². The molecule has 0 saturated heterocycles. The molecule has 0 aromatic heterocycles. The van der Waals surface area contributed by atoms with Crippen LogP contribution in [-0.4, -0.2) is 12.2 Å². The number of fused-ring (bicyclic) bond motifs is 3. The van der Waals surface area contributed by atoms with Crippen molar-refractivity contribution >= 4 is 6.08 Å². The average molecular weight is 328 g/mol. The molecule has 2 unspecified atom stereocenters. The molecular weight excluding hydrogens is 308 g/mol. The Morgan fingerprint density at radius 1 is 0.800 bits per heavy atom. The number of ether oxygens (including phenoxy) is 1. The van der Waals surface area contributed by atoms with E-state index in [2.05, 4.69) is 36.4 Å². The van der Waals surface area contributed by atoms with Gasteiger partial charge in [-0.15, -0.1) is 0 Å². The van der Waals surface area contributed by atoms with Gasteiger partial charge in [0.25, 0.3) is 0 Å². The normalized spacial score (nSPS) is 18.6. The van der Waals surface area contributed by atoms with Gasteiger partial charge in [0.15, 0.2) is 0 Å². The van der Waals surface area contributed by atoms with Crippen LogP contribution in [0.3, 0.4) is 0 Å². The van der Waals surface area contributed by atoms with E-state index in [9.17, 15) is 5.11 Å². The largest absolute Gasteiger partial charge is 0.497 e. The summed E-state index contributed by atoms with van der Waals surface area (Å²) in [6, 6.07) is 24.4. The molecule has 0 fully saturated rings. The fraction of sp³-hybridized carbons (Fsp3) is 0.130. The number of methoxy groups -OCH3 is 1. The molecule has 0 aliphatic heterocycles. The Hall–Kier alpha value is -2.84. The van der Waals surface area contributed by atoms with Crippen LogP contribution in [0.2, 0.25) is 0 Å². The first-order chi connectivity index (χ1) is 12.3. The highest BCUT2D eigenvalue weighted by Crippen LogP contribution is 2.46. The first kappa shape index (κ1) is 15.7. The molecular formula is C23H20O2. The minimum absolute atomic E-state index is 0.0619. The van der Waals surface area contributed by atoms with Crippen molar-refractivity contribution in [1.82, 2.24) is 0 Å². The number of benzene rings is 3. The lowest BCUT2D eigenvalue weighted by Crippen LogP contribution is -2.15. The Labute approximate surface area is 148 Å². The second-order valence-corrected chi connectivity index (χ2v) is 6.28. The summed E-state index contributed by atoms with van der Waals surface area (Å²) in [5.74, 6) is 0.780. The quantitative estimate of drug-likeness (QED) is 0.715. The van der Waals surface area contributed by atoms with Crippen LogP contribution in [0.1, 0.15) is 28.7 Å². The molecule has 2 nitrogen and oxygen atoms in total. The average Bonchev–Trinajstić information content (AvgIpc) is 2.68. The Morgan fingerprint density at radius 3 is 2.08 bits per heavy atom. The third-order valence-corrected chi connectivity index (χ3v) is 4.84. The maximum atomic E-state index is 11.0. The van der Waals surface area contributed by atoms with Crippen molar-refractivity contribution in [3.63, 3.8) is 0 Å². The summed E-state index contributed by atoms with van der Waals surface area (Å²) < 4.78 is 5.20. The summed E-state index contributed by atoms with van der Waals surface area (Å²) in [5.41, 5.74) is 5.57. The standard InChI is InChI=1S/C23H20O2/c1-25-17-13-10-16(11-14-17)12-15-22-20-8-3-2-6-18(20)19-7-4-5-9-21(19)23(22)24/h2-15,22-24H,1H3/b15-12-. The topological polar surface area (TPSA) is 29.5 Å². The molecule has 25 heavy (non-hydrogen) atoms. The lowest BCUT2D eigenvalue weighted by molar-refractivity contribution is 0.160. The first-order valence-electron chi connectivity index (χ1n) is 8.46. The van der Waals surface area contributed by atoms with E-state index in [1.165, 1.54) is 11.1 Å². The minimum Gasteiger partial charge on any atom is -0.497 e. The van der Waals surface area contributed by atoms with Gasteiger partial charge in [0.2, 0.25) is 0 Å². The summed E-state index contributed by atoms with van der Waals surface area (Å²) in [7, 11) is 1.66. The number of aliphatic hydroxyl groups is 1. The Bertz CT molecular complexity index is 909. The van der Waals surface area contributed by atoms with Gasteiger partial charge in [-0.25, -0.2) is 0 Å². The number of aliphatic hydroxyl groups excluding tert-OH is 1. The Morgan fingerprint density at radius 2 is 1.40 bits per heavy atom. The maximum Gasteiger partial charge on any atom is 0.118 e. The number of rotatable bonds is 3. The van der Waals surface area contributed by atoms with E-state index in [4.69, 9.17) is 4.74 Å². The third-order valence-electron chi connectivity index (χ3n) is 4.84. The van der Waals surface area contributed by atoms with Gasteiger partial charge in [0.05, 0.1) is 13.2 Å². The molecule has 1 N–H and O–H groups in total. The highest BCUT2D eigenvalue weighted by atomic mass is 16.5. The van der Waals surface area contributed by atoms with Crippen molar-refractivity contribution in [2.75, 3.05) is 7.11 Å². The van der Waals surface area contributed by atoms with Crippen molar-refractivity contribution in [2.24, 2.45) is 0 Å². The van der Waals surface area contributed by atoms with Gasteiger partial charge in [-0.05, 0) is 39.9 Å². The van der Waals surface area contributed by atoms with Crippen molar-refractivity contribution in [1.29, 1.82) is 0 Å². The zero-order valence-corrected chi connectivity index (χ0v) is 14.1. The van der Waals surface area contributed by atoms with Crippen molar-refractivity contribution in [3.05, 3.63) is 95.6 Å². The molecule has 124 valence electrons. The van der Waals surface area contributed by atoms with Crippen LogP contribution in [0.5, 0.6) is 5.75 Å². The third kappa shape index (κ3) is 2.86. The van der Waals surface area contributed by atoms with Crippen molar-refractivity contribution < 1.29 is 9.84 Å². The highest BCUT2D eigenvalue weighted by Gasteiger charge is 2.30. The molecule has 0 amide bonds. The Balaban J connectivity index is 1.73. The van der Waals surface area contributed by atoms with Gasteiger partial charge >= 0.3 is 0 Å². The monoisotopic (exact) mass is 328 g/mol. The van der Waals surface area contributed by atoms with Gasteiger partial charge < -0.3 is 9.84 Å². The second kappa shape index (κ2) is 6.58. The van der Waals surface area contributed by atoms with Crippen LogP contribution < -0.4 is 4.74 Å². The van der Waals surface area contributed by atoms with Crippen LogP contribution in [0, 0.1) is 0 Å². The van der Waals surface area contributed by atoms with E-state index < -0.39 is 6.10 Å². The van der Waals surface area contributed by atoms with Gasteiger partial charge in [0.1, 0.15) is 5.75 Å². The second-order valence-electron chi connectivity index (χ2n) is 6.28. The van der Waals surface area contributed by atoms with Gasteiger partial charge in [0, 0.05) is 5.92 Å².